The van der Waals surface area contributed by atoms with Crippen molar-refractivity contribution in [2.24, 2.45) is 0 Å². The lowest BCUT2D eigenvalue weighted by Crippen LogP contribution is -2.45. The van der Waals surface area contributed by atoms with Crippen molar-refractivity contribution in [3.8, 4) is 0 Å². The van der Waals surface area contributed by atoms with Gasteiger partial charge in [0, 0.05) is 31.0 Å². The number of nitrogens with zero attached hydrogens (tertiary/aromatic N) is 1. The van der Waals surface area contributed by atoms with Gasteiger partial charge in [-0.25, -0.2) is 0 Å². The standard InChI is InChI=1S/C12H16N2O3/c1-8-5-11(15)10(6-13-8)12(16)14-3-4-17-9(2)7-14/h5-6,9H,3-4,7H2,1-2H3,(H,13,15). The maximum Gasteiger partial charge on any atom is 0.259 e. The fraction of sp³-hybridized carbons (Fsp3) is 0.500. The van der Waals surface area contributed by atoms with E-state index in [-0.39, 0.29) is 23.0 Å². The largest absolute Gasteiger partial charge is 0.375 e. The maximum absolute atomic E-state index is 12.1. The Morgan fingerprint density at radius 2 is 2.35 bits per heavy atom. The summed E-state index contributed by atoms with van der Waals surface area (Å²) in [6, 6.07) is 1.44. The van der Waals surface area contributed by atoms with Crippen LogP contribution in [0.25, 0.3) is 0 Å². The van der Waals surface area contributed by atoms with Gasteiger partial charge < -0.3 is 14.6 Å². The van der Waals surface area contributed by atoms with Crippen LogP contribution in [0.4, 0.5) is 0 Å². The molecule has 1 aliphatic rings. The lowest BCUT2D eigenvalue weighted by Gasteiger charge is -2.31. The number of hydrogen-bond donors (Lipinski definition) is 1. The third kappa shape index (κ3) is 2.55. The van der Waals surface area contributed by atoms with E-state index < -0.39 is 0 Å². The second-order valence-corrected chi connectivity index (χ2v) is 4.33. The molecular formula is C12H16N2O3. The molecule has 17 heavy (non-hydrogen) atoms. The van der Waals surface area contributed by atoms with E-state index in [4.69, 9.17) is 4.74 Å². The maximum atomic E-state index is 12.1. The van der Waals surface area contributed by atoms with E-state index in [1.165, 1.54) is 12.3 Å². The number of nitrogens with one attached hydrogen (secondary N) is 1. The molecular weight excluding hydrogens is 220 g/mol. The Balaban J connectivity index is 2.22. The topological polar surface area (TPSA) is 62.4 Å². The van der Waals surface area contributed by atoms with E-state index in [1.54, 1.807) is 11.8 Å². The number of aromatic nitrogens is 1. The van der Waals surface area contributed by atoms with Gasteiger partial charge in [-0.1, -0.05) is 0 Å². The summed E-state index contributed by atoms with van der Waals surface area (Å²) in [7, 11) is 0. The molecule has 92 valence electrons. The molecule has 2 heterocycles. The highest BCUT2D eigenvalue weighted by Gasteiger charge is 2.23. The normalized spacial score (nSPS) is 20.4. The summed E-state index contributed by atoms with van der Waals surface area (Å²) in [6.45, 7) is 5.30. The predicted octanol–water partition coefficient (Wildman–Crippen LogP) is 0.544. The van der Waals surface area contributed by atoms with Crippen molar-refractivity contribution < 1.29 is 9.53 Å². The Labute approximate surface area is 99.4 Å². The molecule has 1 atom stereocenters. The molecule has 1 aliphatic heterocycles. The van der Waals surface area contributed by atoms with Gasteiger partial charge in [-0.05, 0) is 13.8 Å². The minimum Gasteiger partial charge on any atom is -0.375 e. The number of aromatic amines is 1. The molecule has 0 bridgehead atoms. The van der Waals surface area contributed by atoms with Gasteiger partial charge in [0.2, 0.25) is 0 Å². The van der Waals surface area contributed by atoms with Crippen LogP contribution in [-0.4, -0.2) is 41.6 Å². The number of rotatable bonds is 1. The minimum absolute atomic E-state index is 0.0252. The Bertz CT molecular complexity index is 481. The smallest absolute Gasteiger partial charge is 0.259 e. The van der Waals surface area contributed by atoms with Crippen molar-refractivity contribution in [3.05, 3.63) is 33.7 Å². The number of carbonyl (C=O) groups is 1. The highest BCUT2D eigenvalue weighted by Crippen LogP contribution is 2.07. The van der Waals surface area contributed by atoms with E-state index in [2.05, 4.69) is 4.98 Å². The zero-order valence-corrected chi connectivity index (χ0v) is 10.0. The Hall–Kier alpha value is -1.62. The van der Waals surface area contributed by atoms with Crippen LogP contribution in [-0.2, 0) is 4.74 Å². The molecule has 0 spiro atoms. The number of pyridine rings is 1. The molecule has 2 rings (SSSR count). The van der Waals surface area contributed by atoms with Crippen molar-refractivity contribution in [2.75, 3.05) is 19.7 Å². The van der Waals surface area contributed by atoms with Crippen molar-refractivity contribution in [1.29, 1.82) is 0 Å². The van der Waals surface area contributed by atoms with Crippen molar-refractivity contribution in [2.45, 2.75) is 20.0 Å². The van der Waals surface area contributed by atoms with Crippen LogP contribution in [0.1, 0.15) is 23.0 Å². The molecule has 1 unspecified atom stereocenters. The zero-order valence-electron chi connectivity index (χ0n) is 10.0. The first kappa shape index (κ1) is 11.9. The molecule has 5 heteroatoms. The van der Waals surface area contributed by atoms with E-state index in [1.807, 2.05) is 6.92 Å². The fourth-order valence-corrected chi connectivity index (χ4v) is 1.91. The molecule has 5 nitrogen and oxygen atoms in total. The number of carbonyl (C=O) groups excluding carboxylic acids is 1. The molecule has 1 aromatic rings. The number of aryl methyl sites for hydroxylation is 1. The number of ether oxygens (including phenoxy) is 1. The number of H-pyrrole nitrogens is 1. The highest BCUT2D eigenvalue weighted by molar-refractivity contribution is 5.93. The summed E-state index contributed by atoms with van der Waals surface area (Å²) in [4.78, 5) is 28.4. The lowest BCUT2D eigenvalue weighted by molar-refractivity contribution is -0.0124. The lowest BCUT2D eigenvalue weighted by atomic mass is 10.2. The summed E-state index contributed by atoms with van der Waals surface area (Å²) in [5.74, 6) is -0.221. The van der Waals surface area contributed by atoms with E-state index in [9.17, 15) is 9.59 Å². The van der Waals surface area contributed by atoms with Crippen LogP contribution in [0.2, 0.25) is 0 Å². The number of morpholine rings is 1. The monoisotopic (exact) mass is 236 g/mol. The van der Waals surface area contributed by atoms with Crippen molar-refractivity contribution in [3.63, 3.8) is 0 Å². The van der Waals surface area contributed by atoms with Gasteiger partial charge in [-0.3, -0.25) is 9.59 Å². The third-order valence-electron chi connectivity index (χ3n) is 2.82. The number of hydrogen-bond acceptors (Lipinski definition) is 3. The number of amides is 1. The second kappa shape index (κ2) is 4.71. The molecule has 1 amide bonds. The highest BCUT2D eigenvalue weighted by atomic mass is 16.5. The Kier molecular flexibility index (Phi) is 3.28. The first-order valence-corrected chi connectivity index (χ1v) is 5.68. The molecule has 0 aliphatic carbocycles. The van der Waals surface area contributed by atoms with Crippen LogP contribution in [0.5, 0.6) is 0 Å². The zero-order chi connectivity index (χ0) is 12.4. The van der Waals surface area contributed by atoms with Gasteiger partial charge in [0.05, 0.1) is 12.7 Å². The van der Waals surface area contributed by atoms with E-state index in [0.29, 0.717) is 19.7 Å². The van der Waals surface area contributed by atoms with Gasteiger partial charge in [0.1, 0.15) is 5.56 Å². The van der Waals surface area contributed by atoms with Crippen molar-refractivity contribution in [1.82, 2.24) is 9.88 Å². The SMILES string of the molecule is Cc1cc(=O)c(C(=O)N2CCOC(C)C2)c[nH]1. The van der Waals surface area contributed by atoms with Gasteiger partial charge in [0.15, 0.2) is 5.43 Å². The summed E-state index contributed by atoms with van der Waals surface area (Å²) in [5.41, 5.74) is 0.719. The van der Waals surface area contributed by atoms with Crippen LogP contribution in [0, 0.1) is 6.92 Å². The Morgan fingerprint density at radius 1 is 1.59 bits per heavy atom. The second-order valence-electron chi connectivity index (χ2n) is 4.33. The third-order valence-corrected chi connectivity index (χ3v) is 2.82. The van der Waals surface area contributed by atoms with Crippen LogP contribution < -0.4 is 5.43 Å². The van der Waals surface area contributed by atoms with Gasteiger partial charge in [-0.15, -0.1) is 0 Å². The molecule has 1 aromatic heterocycles. The quantitative estimate of drug-likeness (QED) is 0.774. The van der Waals surface area contributed by atoms with Gasteiger partial charge in [0.25, 0.3) is 5.91 Å². The average Bonchev–Trinajstić information content (AvgIpc) is 2.28. The van der Waals surface area contributed by atoms with Crippen LogP contribution in [0.3, 0.4) is 0 Å². The van der Waals surface area contributed by atoms with E-state index in [0.717, 1.165) is 5.69 Å². The average molecular weight is 236 g/mol. The summed E-state index contributed by atoms with van der Waals surface area (Å²) < 4.78 is 5.36. The van der Waals surface area contributed by atoms with Crippen LogP contribution >= 0.6 is 0 Å². The van der Waals surface area contributed by atoms with Crippen molar-refractivity contribution >= 4 is 5.91 Å². The van der Waals surface area contributed by atoms with Crippen LogP contribution in [0.15, 0.2) is 17.1 Å². The molecule has 0 saturated carbocycles. The molecule has 1 N–H and O–H groups in total. The Morgan fingerprint density at radius 3 is 3.00 bits per heavy atom. The summed E-state index contributed by atoms with van der Waals surface area (Å²) in [6.07, 6.45) is 1.51. The van der Waals surface area contributed by atoms with E-state index >= 15 is 0 Å². The van der Waals surface area contributed by atoms with Gasteiger partial charge >= 0.3 is 0 Å². The first-order chi connectivity index (χ1) is 8.08. The summed E-state index contributed by atoms with van der Waals surface area (Å²) in [5, 5.41) is 0. The fourth-order valence-electron chi connectivity index (χ4n) is 1.91. The molecule has 0 aromatic carbocycles. The molecule has 1 saturated heterocycles. The van der Waals surface area contributed by atoms with Gasteiger partial charge in [-0.2, -0.15) is 0 Å². The molecule has 0 radical (unpaired) electrons. The minimum atomic E-state index is -0.231. The molecule has 1 fully saturated rings. The predicted molar refractivity (Wildman–Crippen MR) is 63.1 cm³/mol. The summed E-state index contributed by atoms with van der Waals surface area (Å²) >= 11 is 0. The first-order valence-electron chi connectivity index (χ1n) is 5.68.